The molecule has 0 bridgehead atoms. The number of nitrogen functional groups attached to an aromatic ring is 2. The molecule has 0 saturated carbocycles. The third-order valence-corrected chi connectivity index (χ3v) is 17.3. The minimum atomic E-state index is -6.25. The summed E-state index contributed by atoms with van der Waals surface area (Å²) in [6, 6.07) is 0.913. The van der Waals surface area contributed by atoms with Gasteiger partial charge in [-0.25, -0.2) is 38.0 Å². The molecule has 3 saturated heterocycles. The molecule has 5 aromatic rings. The van der Waals surface area contributed by atoms with Crippen molar-refractivity contribution in [2.24, 2.45) is 13.0 Å². The van der Waals surface area contributed by atoms with Crippen molar-refractivity contribution in [2.75, 3.05) is 52.0 Å². The lowest BCUT2D eigenvalue weighted by atomic mass is 9.94. The zero-order valence-corrected chi connectivity index (χ0v) is 44.3. The Bertz CT molecular complexity index is 3430. The minimum absolute atomic E-state index is 0.0104. The fraction of sp³-hybridized carbons (Fsp3) is 0.583. The number of aliphatic hydroxyl groups excluding tert-OH is 3. The average molecular weight is 1190 g/mol. The first-order valence-corrected chi connectivity index (χ1v) is 28.6. The second-order valence-corrected chi connectivity index (χ2v) is 23.6. The summed E-state index contributed by atoms with van der Waals surface area (Å²) < 4.78 is 110. The SMILES string of the molecule is CCO[C@@H]1[C@H](OP(=O)([O-])OC[C@H]2O[C@@H](n3ccc(=O)[nH]c3=O)[C@H](O)[C@@H]2O)C(COP(=O)(O)OP(=O)(O)OP(=O)(O)OC[C@H]2O[C@@H](n3c[n+](C)c4c(=O)[nH]c(N)nc43)[C@H](O)[C@@H]2CC(=O)N(C)C)O[C@H]1n1cnc2c(N)ncnc21. The number of aryl methyl sites for hydroxylation is 1. The van der Waals surface area contributed by atoms with E-state index in [0.29, 0.717) is 4.57 Å². The number of aliphatic hydroxyl groups is 3. The number of aromatic amines is 2. The van der Waals surface area contributed by atoms with E-state index < -0.39 is 154 Å². The lowest BCUT2D eigenvalue weighted by Gasteiger charge is -2.32. The maximum atomic E-state index is 13.6. The van der Waals surface area contributed by atoms with E-state index in [4.69, 9.17) is 48.5 Å². The molecule has 38 nitrogen and oxygen atoms in total. The molecule has 0 aliphatic carbocycles. The van der Waals surface area contributed by atoms with Gasteiger partial charge in [-0.3, -0.25) is 47.1 Å². The predicted octanol–water partition coefficient (Wildman–Crippen LogP) is -4.38. The summed E-state index contributed by atoms with van der Waals surface area (Å²) in [5.41, 5.74) is 9.12. The van der Waals surface area contributed by atoms with E-state index in [1.165, 1.54) is 53.0 Å². The van der Waals surface area contributed by atoms with Gasteiger partial charge in [0.05, 0.1) is 39.3 Å². The van der Waals surface area contributed by atoms with Gasteiger partial charge in [0.1, 0.15) is 54.6 Å². The smallest absolute Gasteiger partial charge is 0.490 e. The average Bonchev–Trinajstić information content (AvgIpc) is 4.21. The quantitative estimate of drug-likeness (QED) is 0.0231. The number of nitrogens with one attached hydrogen (secondary N) is 2. The number of carbonyl (C=O) groups excluding carboxylic acids is 1. The highest BCUT2D eigenvalue weighted by molar-refractivity contribution is 7.66. The molecule has 78 heavy (non-hydrogen) atoms. The van der Waals surface area contributed by atoms with Crippen LogP contribution in [0.15, 0.2) is 45.6 Å². The fourth-order valence-corrected chi connectivity index (χ4v) is 13.1. The van der Waals surface area contributed by atoms with E-state index in [2.05, 4.69) is 33.5 Å². The van der Waals surface area contributed by atoms with Crippen LogP contribution < -0.4 is 37.7 Å². The molecule has 5 aromatic heterocycles. The topological polar surface area (TPSA) is 530 Å². The number of carbonyl (C=O) groups is 1. The van der Waals surface area contributed by atoms with Gasteiger partial charge in [0.15, 0.2) is 23.9 Å². The largest absolute Gasteiger partial charge is 0.756 e. The Labute approximate surface area is 435 Å². The minimum Gasteiger partial charge on any atom is -0.756 e. The second kappa shape index (κ2) is 22.8. The monoisotopic (exact) mass is 1190 g/mol. The Balaban J connectivity index is 0.961. The van der Waals surface area contributed by atoms with Crippen molar-refractivity contribution in [3.8, 4) is 0 Å². The number of phosphoric ester groups is 3. The van der Waals surface area contributed by atoms with Crippen molar-refractivity contribution < 1.29 is 108 Å². The van der Waals surface area contributed by atoms with Gasteiger partial charge in [-0.05, 0) is 6.92 Å². The molecule has 16 atom stereocenters. The Hall–Kier alpha value is -5.11. The van der Waals surface area contributed by atoms with E-state index in [0.717, 1.165) is 24.9 Å². The molecule has 12 N–H and O–H groups in total. The first-order valence-electron chi connectivity index (χ1n) is 22.7. The third kappa shape index (κ3) is 12.7. The number of rotatable bonds is 22. The standard InChI is InChI=1S/C36H51N13O25P4/c1-5-65-27-26(72-75(57,58)66-10-17-24(53)25(54)33(70-17)47-7-6-19(50)42-36(47)56)18(71-34(27)48-13-41-21-28(37)39-12-40-29(21)48)11-68-77(61,62)74-78(63,64)73-76(59,60)67-9-16-15(8-20(51)45(2)3)23(52)32(69-16)49-14-46(4)22-30(49)43-35(38)44-31(22)55/h6-7,12-18,23-27,32-34,52-54H,5,8-11H2,1-4H3,(H9-,37,38,39,40,42,43,44,50,55,56,57,58,59,60,61,62,63,64)/t15-,16-,17-,18?,23-,24-,25-,26-,27-,32-,33-,34-/m1/s1. The van der Waals surface area contributed by atoms with Crippen LogP contribution in [0, 0.1) is 5.92 Å². The van der Waals surface area contributed by atoms with Gasteiger partial charge in [-0.15, -0.1) is 0 Å². The van der Waals surface area contributed by atoms with E-state index in [1.54, 1.807) is 0 Å². The number of H-pyrrole nitrogens is 2. The van der Waals surface area contributed by atoms with E-state index in [-0.39, 0.29) is 40.7 Å². The predicted molar refractivity (Wildman–Crippen MR) is 251 cm³/mol. The van der Waals surface area contributed by atoms with Crippen LogP contribution in [0.4, 0.5) is 11.8 Å². The van der Waals surface area contributed by atoms with Crippen molar-refractivity contribution in [1.82, 2.24) is 48.5 Å². The maximum Gasteiger partial charge on any atom is 0.490 e. The van der Waals surface area contributed by atoms with E-state index >= 15 is 0 Å². The molecular formula is C36H51N13O25P4. The Morgan fingerprint density at radius 3 is 2.09 bits per heavy atom. The number of hydrogen-bond donors (Lipinski definition) is 10. The summed E-state index contributed by atoms with van der Waals surface area (Å²) in [6.07, 6.45) is -14.6. The van der Waals surface area contributed by atoms with E-state index in [9.17, 15) is 72.3 Å². The van der Waals surface area contributed by atoms with Crippen LogP contribution in [-0.2, 0) is 75.8 Å². The molecule has 42 heteroatoms. The zero-order valence-electron chi connectivity index (χ0n) is 40.8. The van der Waals surface area contributed by atoms with Crippen LogP contribution in [-0.4, -0.2) is 174 Å². The Kier molecular flexibility index (Phi) is 17.2. The lowest BCUT2D eigenvalue weighted by Crippen LogP contribution is -2.39. The normalized spacial score (nSPS) is 29.6. The van der Waals surface area contributed by atoms with Crippen LogP contribution >= 0.6 is 31.3 Å². The molecule has 8 rings (SSSR count). The number of aromatic nitrogens is 10. The number of imidazole rings is 2. The first kappa shape index (κ1) is 59.0. The van der Waals surface area contributed by atoms with Crippen molar-refractivity contribution in [2.45, 2.75) is 80.9 Å². The van der Waals surface area contributed by atoms with Gasteiger partial charge in [-0.1, -0.05) is 0 Å². The van der Waals surface area contributed by atoms with Crippen molar-refractivity contribution in [3.63, 3.8) is 0 Å². The van der Waals surface area contributed by atoms with Crippen LogP contribution in [0.5, 0.6) is 0 Å². The van der Waals surface area contributed by atoms with Crippen LogP contribution in [0.1, 0.15) is 32.0 Å². The number of hydrogen-bond acceptors (Lipinski definition) is 28. The number of fused-ring (bicyclic) bond motifs is 2. The van der Waals surface area contributed by atoms with E-state index in [1.807, 2.05) is 4.98 Å². The number of ether oxygens (including phenoxy) is 4. The zero-order chi connectivity index (χ0) is 57.0. The lowest BCUT2D eigenvalue weighted by molar-refractivity contribution is -0.646. The van der Waals surface area contributed by atoms with Gasteiger partial charge in [0, 0.05) is 45.3 Å². The van der Waals surface area contributed by atoms with Crippen LogP contribution in [0.3, 0.4) is 0 Å². The molecule has 1 amide bonds. The van der Waals surface area contributed by atoms with Gasteiger partial charge in [0.25, 0.3) is 24.5 Å². The van der Waals surface area contributed by atoms with Gasteiger partial charge in [0.2, 0.25) is 24.4 Å². The molecule has 3 fully saturated rings. The van der Waals surface area contributed by atoms with Gasteiger partial charge < -0.3 is 79.3 Å². The highest BCUT2D eigenvalue weighted by Crippen LogP contribution is 2.68. The number of nitrogens with zero attached hydrogens (tertiary/aromatic N) is 9. The summed E-state index contributed by atoms with van der Waals surface area (Å²) >= 11 is 0. The Morgan fingerprint density at radius 2 is 1.44 bits per heavy atom. The molecule has 0 radical (unpaired) electrons. The molecule has 3 aliphatic rings. The summed E-state index contributed by atoms with van der Waals surface area (Å²) in [5, 5.41) is 32.8. The maximum absolute atomic E-state index is 13.6. The molecular weight excluding hydrogens is 1140 g/mol. The van der Waals surface area contributed by atoms with Gasteiger partial charge >= 0.3 is 34.7 Å². The second-order valence-electron chi connectivity index (χ2n) is 17.6. The van der Waals surface area contributed by atoms with Crippen molar-refractivity contribution >= 4 is 71.3 Å². The molecule has 3 aliphatic heterocycles. The first-order chi connectivity index (χ1) is 36.5. The number of amides is 1. The molecule has 5 unspecified atom stereocenters. The van der Waals surface area contributed by atoms with Crippen molar-refractivity contribution in [1.29, 1.82) is 0 Å². The summed E-state index contributed by atoms with van der Waals surface area (Å²) in [7, 11) is -19.6. The van der Waals surface area contributed by atoms with Crippen LogP contribution in [0.25, 0.3) is 22.3 Å². The number of phosphoric acid groups is 4. The number of anilines is 2. The fourth-order valence-electron chi connectivity index (χ4n) is 8.62. The molecule has 0 spiro atoms. The molecule has 0 aromatic carbocycles. The van der Waals surface area contributed by atoms with Crippen molar-refractivity contribution in [3.05, 3.63) is 62.4 Å². The summed E-state index contributed by atoms with van der Waals surface area (Å²) in [4.78, 5) is 116. The highest BCUT2D eigenvalue weighted by atomic mass is 31.3. The molecule has 8 heterocycles. The summed E-state index contributed by atoms with van der Waals surface area (Å²) in [6.45, 7) is -2.18. The van der Waals surface area contributed by atoms with Gasteiger partial charge in [-0.2, -0.15) is 18.2 Å². The number of nitrogens with two attached hydrogens (primary N) is 2. The highest BCUT2D eigenvalue weighted by Gasteiger charge is 2.53. The Morgan fingerprint density at radius 1 is 0.808 bits per heavy atom. The molecule has 430 valence electrons. The third-order valence-electron chi connectivity index (χ3n) is 12.1. The summed E-state index contributed by atoms with van der Waals surface area (Å²) in [5.74, 6) is -2.21. The van der Waals surface area contributed by atoms with Crippen LogP contribution in [0.2, 0.25) is 0 Å².